The second kappa shape index (κ2) is 5.43. The average Bonchev–Trinajstić information content (AvgIpc) is 2.01. The molecule has 1 aromatic carbocycles. The third-order valence-electron chi connectivity index (χ3n) is 1.18. The first-order chi connectivity index (χ1) is 6.33. The highest BCUT2D eigenvalue weighted by atomic mass is 32.3. The van der Waals surface area contributed by atoms with Crippen molar-refractivity contribution in [1.29, 1.82) is 0 Å². The predicted molar refractivity (Wildman–Crippen MR) is 54.6 cm³/mol. The molecule has 0 heterocycles. The zero-order chi connectivity index (χ0) is 11.2. The van der Waals surface area contributed by atoms with Crippen LogP contribution in [0.5, 0.6) is 0 Å². The molecule has 6 nitrogen and oxygen atoms in total. The van der Waals surface area contributed by atoms with E-state index in [0.29, 0.717) is 0 Å². The van der Waals surface area contributed by atoms with Crippen LogP contribution in [0.4, 0.5) is 11.4 Å². The highest BCUT2D eigenvalue weighted by Gasteiger charge is 1.85. The van der Waals surface area contributed by atoms with Crippen LogP contribution >= 0.6 is 0 Å². The number of nitrogen functional groups attached to an aromatic ring is 1. The van der Waals surface area contributed by atoms with E-state index < -0.39 is 10.4 Å². The van der Waals surface area contributed by atoms with Gasteiger partial charge in [0.25, 0.3) is 0 Å². The summed E-state index contributed by atoms with van der Waals surface area (Å²) in [5.41, 5.74) is 7.34. The Labute approximate surface area is 82.3 Å². The molecule has 0 aliphatic rings. The molecule has 7 heteroatoms. The number of hydrogen-bond acceptors (Lipinski definition) is 4. The molecule has 0 amide bonds. The van der Waals surface area contributed by atoms with E-state index in [2.05, 4.69) is 5.32 Å². The lowest BCUT2D eigenvalue weighted by Crippen LogP contribution is -1.89. The Hall–Kier alpha value is -1.31. The van der Waals surface area contributed by atoms with Crippen molar-refractivity contribution < 1.29 is 17.5 Å². The molecule has 0 aliphatic heterocycles. The maximum atomic E-state index is 8.74. The zero-order valence-corrected chi connectivity index (χ0v) is 8.32. The molecule has 1 aromatic rings. The lowest BCUT2D eigenvalue weighted by atomic mass is 10.3. The Balaban J connectivity index is 0.000000292. The molecule has 0 unspecified atom stereocenters. The molecule has 0 atom stereocenters. The highest BCUT2D eigenvalue weighted by molar-refractivity contribution is 7.79. The van der Waals surface area contributed by atoms with E-state index in [1.165, 1.54) is 0 Å². The van der Waals surface area contributed by atoms with Crippen LogP contribution < -0.4 is 11.1 Å². The van der Waals surface area contributed by atoms with E-state index >= 15 is 0 Å². The third-order valence-corrected chi connectivity index (χ3v) is 1.18. The highest BCUT2D eigenvalue weighted by Crippen LogP contribution is 2.09. The molecule has 5 N–H and O–H groups in total. The van der Waals surface area contributed by atoms with E-state index in [1.807, 2.05) is 31.3 Å². The number of nitrogens with two attached hydrogens (primary N) is 1. The van der Waals surface area contributed by atoms with Crippen molar-refractivity contribution in [3.63, 3.8) is 0 Å². The van der Waals surface area contributed by atoms with Gasteiger partial charge in [0, 0.05) is 18.4 Å². The molecule has 0 aromatic heterocycles. The standard InChI is InChI=1S/C7H10N2.H2O4S/c1-9-7-4-2-3-6(8)5-7;1-5(2,3)4/h2-5,9H,8H2,1H3;(H2,1,2,3,4). The molecule has 0 saturated carbocycles. The minimum Gasteiger partial charge on any atom is -0.399 e. The fourth-order valence-corrected chi connectivity index (χ4v) is 0.694. The van der Waals surface area contributed by atoms with Gasteiger partial charge in [-0.2, -0.15) is 8.42 Å². The first-order valence-corrected chi connectivity index (χ1v) is 4.96. The lowest BCUT2D eigenvalue weighted by molar-refractivity contribution is 0.381. The summed E-state index contributed by atoms with van der Waals surface area (Å²) in [7, 11) is -2.80. The van der Waals surface area contributed by atoms with Crippen molar-refractivity contribution in [3.05, 3.63) is 24.3 Å². The summed E-state index contributed by atoms with van der Waals surface area (Å²) in [5, 5.41) is 2.99. The van der Waals surface area contributed by atoms with Crippen molar-refractivity contribution in [2.75, 3.05) is 18.1 Å². The number of hydrogen-bond donors (Lipinski definition) is 4. The average molecular weight is 220 g/mol. The monoisotopic (exact) mass is 220 g/mol. The smallest absolute Gasteiger partial charge is 0.394 e. The molecule has 80 valence electrons. The summed E-state index contributed by atoms with van der Waals surface area (Å²) in [5.74, 6) is 0. The Morgan fingerprint density at radius 2 is 1.86 bits per heavy atom. The summed E-state index contributed by atoms with van der Waals surface area (Å²) in [6.07, 6.45) is 0. The SMILES string of the molecule is CNc1cccc(N)c1.O=S(=O)(O)O. The van der Waals surface area contributed by atoms with Crippen LogP contribution in [0.1, 0.15) is 0 Å². The molecular formula is C7H12N2O4S. The molecule has 0 radical (unpaired) electrons. The van der Waals surface area contributed by atoms with Gasteiger partial charge in [-0.05, 0) is 18.2 Å². The predicted octanol–water partition coefficient (Wildman–Crippen LogP) is 0.658. The fraction of sp³-hybridized carbons (Fsp3) is 0.143. The molecule has 0 saturated heterocycles. The Bertz CT molecular complexity index is 369. The Kier molecular flexibility index (Phi) is 4.92. The van der Waals surface area contributed by atoms with Crippen LogP contribution in [0.2, 0.25) is 0 Å². The fourth-order valence-electron chi connectivity index (χ4n) is 0.694. The Morgan fingerprint density at radius 3 is 2.14 bits per heavy atom. The summed E-state index contributed by atoms with van der Waals surface area (Å²) < 4.78 is 31.6. The van der Waals surface area contributed by atoms with Crippen LogP contribution in [0.3, 0.4) is 0 Å². The van der Waals surface area contributed by atoms with Crippen molar-refractivity contribution in [1.82, 2.24) is 0 Å². The van der Waals surface area contributed by atoms with Crippen LogP contribution in [-0.2, 0) is 10.4 Å². The van der Waals surface area contributed by atoms with Crippen LogP contribution in [0.15, 0.2) is 24.3 Å². The van der Waals surface area contributed by atoms with Gasteiger partial charge in [-0.1, -0.05) is 6.07 Å². The Morgan fingerprint density at radius 1 is 1.36 bits per heavy atom. The van der Waals surface area contributed by atoms with Gasteiger partial charge in [0.2, 0.25) is 0 Å². The van der Waals surface area contributed by atoms with E-state index in [1.54, 1.807) is 0 Å². The first kappa shape index (κ1) is 12.7. The number of nitrogens with one attached hydrogen (secondary N) is 1. The van der Waals surface area contributed by atoms with Gasteiger partial charge >= 0.3 is 10.4 Å². The quantitative estimate of drug-likeness (QED) is 0.408. The van der Waals surface area contributed by atoms with Crippen molar-refractivity contribution >= 4 is 21.8 Å². The van der Waals surface area contributed by atoms with Crippen molar-refractivity contribution in [3.8, 4) is 0 Å². The molecule has 0 fully saturated rings. The molecule has 0 aliphatic carbocycles. The molecule has 0 bridgehead atoms. The maximum Gasteiger partial charge on any atom is 0.394 e. The number of anilines is 2. The number of rotatable bonds is 1. The van der Waals surface area contributed by atoms with Crippen molar-refractivity contribution in [2.45, 2.75) is 0 Å². The van der Waals surface area contributed by atoms with Crippen LogP contribution in [0.25, 0.3) is 0 Å². The minimum absolute atomic E-state index is 0.793. The van der Waals surface area contributed by atoms with E-state index in [4.69, 9.17) is 23.3 Å². The summed E-state index contributed by atoms with van der Waals surface area (Å²) >= 11 is 0. The first-order valence-electron chi connectivity index (χ1n) is 3.56. The molecule has 1 rings (SSSR count). The molecule has 14 heavy (non-hydrogen) atoms. The van der Waals surface area contributed by atoms with Gasteiger partial charge in [-0.3, -0.25) is 9.11 Å². The lowest BCUT2D eigenvalue weighted by Gasteiger charge is -1.98. The summed E-state index contributed by atoms with van der Waals surface area (Å²) in [6, 6.07) is 7.64. The van der Waals surface area contributed by atoms with Crippen molar-refractivity contribution in [2.24, 2.45) is 0 Å². The maximum absolute atomic E-state index is 8.74. The second-order valence-corrected chi connectivity index (χ2v) is 3.22. The largest absolute Gasteiger partial charge is 0.399 e. The van der Waals surface area contributed by atoms with Gasteiger partial charge < -0.3 is 11.1 Å². The molecule has 0 spiro atoms. The van der Waals surface area contributed by atoms with Gasteiger partial charge in [-0.15, -0.1) is 0 Å². The normalized spacial score (nSPS) is 9.93. The summed E-state index contributed by atoms with van der Waals surface area (Å²) in [6.45, 7) is 0. The topological polar surface area (TPSA) is 113 Å². The molecular weight excluding hydrogens is 208 g/mol. The van der Waals surface area contributed by atoms with Gasteiger partial charge in [0.1, 0.15) is 0 Å². The third kappa shape index (κ3) is 8.78. The van der Waals surface area contributed by atoms with E-state index in [-0.39, 0.29) is 0 Å². The summed E-state index contributed by atoms with van der Waals surface area (Å²) in [4.78, 5) is 0. The van der Waals surface area contributed by atoms with E-state index in [9.17, 15) is 0 Å². The van der Waals surface area contributed by atoms with E-state index in [0.717, 1.165) is 11.4 Å². The van der Waals surface area contributed by atoms with Gasteiger partial charge in [0.05, 0.1) is 0 Å². The van der Waals surface area contributed by atoms with Gasteiger partial charge in [0.15, 0.2) is 0 Å². The van der Waals surface area contributed by atoms with Gasteiger partial charge in [-0.25, -0.2) is 0 Å². The van der Waals surface area contributed by atoms with Crippen LogP contribution in [-0.4, -0.2) is 24.6 Å². The minimum atomic E-state index is -4.67. The zero-order valence-electron chi connectivity index (χ0n) is 7.51. The van der Waals surface area contributed by atoms with Crippen LogP contribution in [0, 0.1) is 0 Å². The second-order valence-electron chi connectivity index (χ2n) is 2.32. The number of benzene rings is 1.